The first-order valence-corrected chi connectivity index (χ1v) is 8.99. The third kappa shape index (κ3) is 9.65. The smallest absolute Gasteiger partial charge is 0.119 e. The first kappa shape index (κ1) is 26.0. The predicted molar refractivity (Wildman–Crippen MR) is 118 cm³/mol. The molecule has 4 nitrogen and oxygen atoms in total. The Labute approximate surface area is 179 Å². The molecule has 0 saturated heterocycles. The maximum absolute atomic E-state index is 10.3. The second-order valence-electron chi connectivity index (χ2n) is 6.18. The Morgan fingerprint density at radius 3 is 2.44 bits per heavy atom. The fourth-order valence-electron chi connectivity index (χ4n) is 2.56. The van der Waals surface area contributed by atoms with Gasteiger partial charge in [-0.15, -0.1) is 24.8 Å². The van der Waals surface area contributed by atoms with E-state index in [1.165, 1.54) is 5.56 Å². The highest BCUT2D eigenvalue weighted by Crippen LogP contribution is 2.17. The molecule has 152 valence electrons. The average molecular weight is 436 g/mol. The van der Waals surface area contributed by atoms with Gasteiger partial charge in [0.25, 0.3) is 0 Å². The third-order valence-corrected chi connectivity index (χ3v) is 4.21. The van der Waals surface area contributed by atoms with E-state index in [9.17, 15) is 5.11 Å². The molecular weight excluding hydrogens is 407 g/mol. The highest BCUT2D eigenvalue weighted by atomic mass is 35.5. The van der Waals surface area contributed by atoms with Crippen LogP contribution >= 0.6 is 36.4 Å². The molecule has 2 aromatic carbocycles. The lowest BCUT2D eigenvalue weighted by Gasteiger charge is -2.18. The van der Waals surface area contributed by atoms with E-state index in [4.69, 9.17) is 16.3 Å². The Kier molecular flexibility index (Phi) is 13.5. The van der Waals surface area contributed by atoms with E-state index in [1.807, 2.05) is 31.3 Å². The van der Waals surface area contributed by atoms with Crippen molar-refractivity contribution in [3.63, 3.8) is 0 Å². The van der Waals surface area contributed by atoms with Gasteiger partial charge in [-0.3, -0.25) is 0 Å². The number of aliphatic hydroxyl groups excluding tert-OH is 1. The van der Waals surface area contributed by atoms with Gasteiger partial charge < -0.3 is 20.5 Å². The van der Waals surface area contributed by atoms with Gasteiger partial charge in [0, 0.05) is 24.2 Å². The summed E-state index contributed by atoms with van der Waals surface area (Å²) in [5, 5.41) is 17.3. The zero-order valence-electron chi connectivity index (χ0n) is 15.7. The van der Waals surface area contributed by atoms with E-state index >= 15 is 0 Å². The fourth-order valence-corrected chi connectivity index (χ4v) is 2.76. The van der Waals surface area contributed by atoms with Crippen LogP contribution in [0.4, 0.5) is 0 Å². The van der Waals surface area contributed by atoms with Gasteiger partial charge in [-0.25, -0.2) is 0 Å². The molecule has 0 fully saturated rings. The van der Waals surface area contributed by atoms with E-state index in [1.54, 1.807) is 12.1 Å². The number of benzene rings is 2. The Balaban J connectivity index is 0.00000338. The standard InChI is InChI=1S/C20H27ClN2O2.2ClH/c1-15(23-14-20(24)17-4-3-5-18(21)13-17)12-16-6-8-19(9-7-16)25-11-10-22-2;;/h3-9,13,15,20,22-24H,10-12,14H2,1-2H3;2*1H. The summed E-state index contributed by atoms with van der Waals surface area (Å²) in [6.45, 7) is 4.10. The van der Waals surface area contributed by atoms with Gasteiger partial charge >= 0.3 is 0 Å². The van der Waals surface area contributed by atoms with E-state index in [-0.39, 0.29) is 30.9 Å². The van der Waals surface area contributed by atoms with Crippen molar-refractivity contribution in [1.29, 1.82) is 0 Å². The van der Waals surface area contributed by atoms with Gasteiger partial charge in [0.05, 0.1) is 6.10 Å². The van der Waals surface area contributed by atoms with Crippen molar-refractivity contribution >= 4 is 36.4 Å². The summed E-state index contributed by atoms with van der Waals surface area (Å²) in [5.74, 6) is 0.885. The first-order valence-electron chi connectivity index (χ1n) is 8.61. The summed E-state index contributed by atoms with van der Waals surface area (Å²) >= 11 is 5.97. The van der Waals surface area contributed by atoms with E-state index in [0.717, 1.165) is 24.3 Å². The van der Waals surface area contributed by atoms with Gasteiger partial charge in [0.2, 0.25) is 0 Å². The Morgan fingerprint density at radius 1 is 1.11 bits per heavy atom. The number of rotatable bonds is 10. The molecule has 27 heavy (non-hydrogen) atoms. The minimum absolute atomic E-state index is 0. The number of likely N-dealkylation sites (N-methyl/N-ethyl adjacent to an activating group) is 1. The van der Waals surface area contributed by atoms with Gasteiger partial charge in [-0.05, 0) is 55.8 Å². The van der Waals surface area contributed by atoms with Gasteiger partial charge in [-0.2, -0.15) is 0 Å². The molecule has 0 bridgehead atoms. The molecule has 2 aromatic rings. The number of nitrogens with one attached hydrogen (secondary N) is 2. The van der Waals surface area contributed by atoms with Crippen LogP contribution in [0, 0.1) is 0 Å². The molecule has 2 rings (SSSR count). The van der Waals surface area contributed by atoms with Crippen LogP contribution in [0.25, 0.3) is 0 Å². The second-order valence-corrected chi connectivity index (χ2v) is 6.62. The molecule has 2 atom stereocenters. The van der Waals surface area contributed by atoms with Crippen LogP contribution in [0.1, 0.15) is 24.2 Å². The third-order valence-electron chi connectivity index (χ3n) is 3.98. The Morgan fingerprint density at radius 2 is 1.81 bits per heavy atom. The molecule has 0 aliphatic heterocycles. The average Bonchev–Trinajstić information content (AvgIpc) is 2.61. The Hall–Kier alpha value is -1.01. The summed E-state index contributed by atoms with van der Waals surface area (Å²) in [4.78, 5) is 0. The molecule has 0 aromatic heterocycles. The van der Waals surface area contributed by atoms with Gasteiger partial charge in [0.15, 0.2) is 0 Å². The monoisotopic (exact) mass is 434 g/mol. The normalized spacial score (nSPS) is 12.4. The van der Waals surface area contributed by atoms with E-state index in [2.05, 4.69) is 29.7 Å². The molecule has 0 heterocycles. The summed E-state index contributed by atoms with van der Waals surface area (Å²) in [7, 11) is 1.91. The van der Waals surface area contributed by atoms with Crippen molar-refractivity contribution < 1.29 is 9.84 Å². The number of aliphatic hydroxyl groups is 1. The molecule has 0 radical (unpaired) electrons. The quantitative estimate of drug-likeness (QED) is 0.493. The molecule has 0 aliphatic carbocycles. The SMILES string of the molecule is CNCCOc1ccc(CC(C)NCC(O)c2cccc(Cl)c2)cc1.Cl.Cl. The largest absolute Gasteiger partial charge is 0.492 e. The summed E-state index contributed by atoms with van der Waals surface area (Å²) in [5.41, 5.74) is 2.06. The first-order chi connectivity index (χ1) is 12.1. The van der Waals surface area contributed by atoms with Gasteiger partial charge in [-0.1, -0.05) is 35.9 Å². The van der Waals surface area contributed by atoms with E-state index < -0.39 is 6.10 Å². The second kappa shape index (κ2) is 14.1. The lowest BCUT2D eigenvalue weighted by molar-refractivity contribution is 0.170. The molecule has 0 amide bonds. The molecule has 3 N–H and O–H groups in total. The molecule has 0 saturated carbocycles. The zero-order valence-corrected chi connectivity index (χ0v) is 18.0. The maximum Gasteiger partial charge on any atom is 0.119 e. The number of hydrogen-bond donors (Lipinski definition) is 3. The number of ether oxygens (including phenoxy) is 1. The van der Waals surface area contributed by atoms with Crippen LogP contribution < -0.4 is 15.4 Å². The van der Waals surface area contributed by atoms with Crippen molar-refractivity contribution in [2.45, 2.75) is 25.5 Å². The van der Waals surface area contributed by atoms with Crippen molar-refractivity contribution in [1.82, 2.24) is 10.6 Å². The predicted octanol–water partition coefficient (Wildman–Crippen LogP) is 4.04. The minimum Gasteiger partial charge on any atom is -0.492 e. The highest BCUT2D eigenvalue weighted by molar-refractivity contribution is 6.30. The zero-order chi connectivity index (χ0) is 18.1. The van der Waals surface area contributed by atoms with Crippen LogP contribution in [0.5, 0.6) is 5.75 Å². The fraction of sp³-hybridized carbons (Fsp3) is 0.400. The van der Waals surface area contributed by atoms with Crippen molar-refractivity contribution in [2.24, 2.45) is 0 Å². The van der Waals surface area contributed by atoms with Crippen LogP contribution in [0.2, 0.25) is 5.02 Å². The Bertz CT molecular complexity index is 641. The summed E-state index contributed by atoms with van der Waals surface area (Å²) in [6, 6.07) is 15.8. The molecule has 0 spiro atoms. The van der Waals surface area contributed by atoms with Crippen LogP contribution in [-0.4, -0.2) is 37.9 Å². The van der Waals surface area contributed by atoms with Crippen LogP contribution in [0.3, 0.4) is 0 Å². The molecule has 0 aliphatic rings. The van der Waals surface area contributed by atoms with Crippen molar-refractivity contribution in [3.05, 3.63) is 64.7 Å². The summed E-state index contributed by atoms with van der Waals surface area (Å²) in [6.07, 6.45) is 0.322. The highest BCUT2D eigenvalue weighted by Gasteiger charge is 2.10. The lowest BCUT2D eigenvalue weighted by Crippen LogP contribution is -2.32. The van der Waals surface area contributed by atoms with Crippen LogP contribution in [0.15, 0.2) is 48.5 Å². The topological polar surface area (TPSA) is 53.5 Å². The van der Waals surface area contributed by atoms with Crippen molar-refractivity contribution in [3.8, 4) is 5.75 Å². The lowest BCUT2D eigenvalue weighted by atomic mass is 10.1. The van der Waals surface area contributed by atoms with Crippen molar-refractivity contribution in [2.75, 3.05) is 26.7 Å². The maximum atomic E-state index is 10.3. The molecular formula is C20H29Cl3N2O2. The summed E-state index contributed by atoms with van der Waals surface area (Å²) < 4.78 is 5.62. The van der Waals surface area contributed by atoms with E-state index in [0.29, 0.717) is 18.2 Å². The molecule has 2 unspecified atom stereocenters. The minimum atomic E-state index is -0.566. The number of halogens is 3. The van der Waals surface area contributed by atoms with Crippen LogP contribution in [-0.2, 0) is 6.42 Å². The number of hydrogen-bond acceptors (Lipinski definition) is 4. The molecule has 7 heteroatoms. The van der Waals surface area contributed by atoms with Gasteiger partial charge in [0.1, 0.15) is 12.4 Å².